The first kappa shape index (κ1) is 12.9. The number of fused-ring (bicyclic) bond motifs is 1. The first-order valence-electron chi connectivity index (χ1n) is 6.93. The average molecular weight is 265 g/mol. The Kier molecular flexibility index (Phi) is 3.52. The lowest BCUT2D eigenvalue weighted by molar-refractivity contribution is 0.683. The van der Waals surface area contributed by atoms with Crippen molar-refractivity contribution in [1.82, 2.24) is 9.55 Å². The monoisotopic (exact) mass is 265 g/mol. The summed E-state index contributed by atoms with van der Waals surface area (Å²) >= 11 is 0. The van der Waals surface area contributed by atoms with Crippen LogP contribution in [0.5, 0.6) is 0 Å². The fourth-order valence-corrected chi connectivity index (χ4v) is 2.79. The molecular formula is C17H19N3. The third-order valence-electron chi connectivity index (χ3n) is 3.83. The maximum Gasteiger partial charge on any atom is 0.0480 e. The van der Waals surface area contributed by atoms with Gasteiger partial charge in [0.25, 0.3) is 0 Å². The molecule has 3 nitrogen and oxygen atoms in total. The zero-order chi connectivity index (χ0) is 13.9. The molecule has 0 aliphatic carbocycles. The van der Waals surface area contributed by atoms with Gasteiger partial charge in [-0.3, -0.25) is 4.98 Å². The molecule has 0 saturated heterocycles. The summed E-state index contributed by atoms with van der Waals surface area (Å²) in [6, 6.07) is 14.5. The Hall–Kier alpha value is -2.13. The fraction of sp³-hybridized carbons (Fsp3) is 0.235. The van der Waals surface area contributed by atoms with Crippen molar-refractivity contribution >= 4 is 10.9 Å². The summed E-state index contributed by atoms with van der Waals surface area (Å²) in [5.74, 6) is 0.302. The normalized spacial score (nSPS) is 12.7. The van der Waals surface area contributed by atoms with E-state index in [1.807, 2.05) is 18.3 Å². The first-order chi connectivity index (χ1) is 9.79. The van der Waals surface area contributed by atoms with E-state index in [1.165, 1.54) is 16.5 Å². The first-order valence-corrected chi connectivity index (χ1v) is 6.93. The number of nitrogens with two attached hydrogens (primary N) is 1. The van der Waals surface area contributed by atoms with Gasteiger partial charge in [-0.05, 0) is 36.7 Å². The van der Waals surface area contributed by atoms with E-state index in [-0.39, 0.29) is 0 Å². The third-order valence-corrected chi connectivity index (χ3v) is 3.83. The van der Waals surface area contributed by atoms with Crippen molar-refractivity contribution in [3.8, 4) is 0 Å². The predicted molar refractivity (Wildman–Crippen MR) is 82.7 cm³/mol. The number of rotatable bonds is 4. The molecule has 2 aromatic heterocycles. The van der Waals surface area contributed by atoms with E-state index in [4.69, 9.17) is 5.73 Å². The number of para-hydroxylation sites is 1. The molecule has 1 unspecified atom stereocenters. The largest absolute Gasteiger partial charge is 0.350 e. The van der Waals surface area contributed by atoms with Crippen molar-refractivity contribution in [2.75, 3.05) is 6.54 Å². The highest BCUT2D eigenvalue weighted by molar-refractivity contribution is 5.84. The molecule has 1 atom stereocenters. The molecule has 2 heterocycles. The summed E-state index contributed by atoms with van der Waals surface area (Å²) in [6.45, 7) is 0.630. The molecular weight excluding hydrogens is 246 g/mol. The summed E-state index contributed by atoms with van der Waals surface area (Å²) in [4.78, 5) is 4.42. The lowest BCUT2D eigenvalue weighted by Gasteiger charge is -2.13. The topological polar surface area (TPSA) is 43.8 Å². The lowest BCUT2D eigenvalue weighted by Crippen LogP contribution is -2.15. The molecule has 102 valence electrons. The van der Waals surface area contributed by atoms with Gasteiger partial charge in [-0.25, -0.2) is 0 Å². The summed E-state index contributed by atoms with van der Waals surface area (Å²) < 4.78 is 2.17. The SMILES string of the molecule is Cn1cc(C(CN)Cc2ccccn2)c2ccccc21. The van der Waals surface area contributed by atoms with Crippen LogP contribution in [-0.4, -0.2) is 16.1 Å². The van der Waals surface area contributed by atoms with Crippen molar-refractivity contribution in [2.45, 2.75) is 12.3 Å². The quantitative estimate of drug-likeness (QED) is 0.788. The van der Waals surface area contributed by atoms with Gasteiger partial charge in [0, 0.05) is 42.0 Å². The Morgan fingerprint density at radius 3 is 2.70 bits per heavy atom. The van der Waals surface area contributed by atoms with Crippen molar-refractivity contribution in [2.24, 2.45) is 12.8 Å². The van der Waals surface area contributed by atoms with Crippen LogP contribution in [0.2, 0.25) is 0 Å². The van der Waals surface area contributed by atoms with Crippen LogP contribution in [0.25, 0.3) is 10.9 Å². The Morgan fingerprint density at radius 2 is 1.95 bits per heavy atom. The number of benzene rings is 1. The van der Waals surface area contributed by atoms with E-state index in [9.17, 15) is 0 Å². The van der Waals surface area contributed by atoms with E-state index in [2.05, 4.69) is 53.1 Å². The molecule has 1 aromatic carbocycles. The summed E-state index contributed by atoms with van der Waals surface area (Å²) in [6.07, 6.45) is 4.92. The van der Waals surface area contributed by atoms with Gasteiger partial charge in [0.05, 0.1) is 0 Å². The fourth-order valence-electron chi connectivity index (χ4n) is 2.79. The molecule has 3 heteroatoms. The van der Waals surface area contributed by atoms with E-state index in [0.717, 1.165) is 12.1 Å². The van der Waals surface area contributed by atoms with Gasteiger partial charge < -0.3 is 10.3 Å². The van der Waals surface area contributed by atoms with Gasteiger partial charge in [0.1, 0.15) is 0 Å². The van der Waals surface area contributed by atoms with Crippen LogP contribution in [0.4, 0.5) is 0 Å². The average Bonchev–Trinajstić information content (AvgIpc) is 2.84. The molecule has 3 aromatic rings. The van der Waals surface area contributed by atoms with Gasteiger partial charge in [0.15, 0.2) is 0 Å². The molecule has 0 saturated carbocycles. The highest BCUT2D eigenvalue weighted by Gasteiger charge is 2.16. The Morgan fingerprint density at radius 1 is 1.15 bits per heavy atom. The van der Waals surface area contributed by atoms with Crippen LogP contribution in [0.15, 0.2) is 54.9 Å². The van der Waals surface area contributed by atoms with Crippen molar-refractivity contribution in [3.63, 3.8) is 0 Å². The zero-order valence-electron chi connectivity index (χ0n) is 11.7. The number of hydrogen-bond donors (Lipinski definition) is 1. The highest BCUT2D eigenvalue weighted by Crippen LogP contribution is 2.28. The number of pyridine rings is 1. The van der Waals surface area contributed by atoms with Crippen LogP contribution in [0.1, 0.15) is 17.2 Å². The molecule has 0 spiro atoms. The lowest BCUT2D eigenvalue weighted by atomic mass is 9.94. The molecule has 20 heavy (non-hydrogen) atoms. The van der Waals surface area contributed by atoms with Gasteiger partial charge >= 0.3 is 0 Å². The van der Waals surface area contributed by atoms with Crippen LogP contribution in [-0.2, 0) is 13.5 Å². The summed E-state index contributed by atoms with van der Waals surface area (Å²) in [5, 5.41) is 1.29. The molecule has 0 bridgehead atoms. The van der Waals surface area contributed by atoms with Gasteiger partial charge in [0.2, 0.25) is 0 Å². The van der Waals surface area contributed by atoms with Crippen LogP contribution >= 0.6 is 0 Å². The van der Waals surface area contributed by atoms with Crippen molar-refractivity contribution in [1.29, 1.82) is 0 Å². The number of aryl methyl sites for hydroxylation is 1. The maximum atomic E-state index is 6.02. The minimum absolute atomic E-state index is 0.302. The summed E-state index contributed by atoms with van der Waals surface area (Å²) in [7, 11) is 2.08. The van der Waals surface area contributed by atoms with E-state index in [1.54, 1.807) is 0 Å². The highest BCUT2D eigenvalue weighted by atomic mass is 14.9. The second-order valence-corrected chi connectivity index (χ2v) is 5.17. The van der Waals surface area contributed by atoms with E-state index in [0.29, 0.717) is 12.5 Å². The molecule has 0 radical (unpaired) electrons. The minimum Gasteiger partial charge on any atom is -0.350 e. The van der Waals surface area contributed by atoms with Crippen LogP contribution < -0.4 is 5.73 Å². The molecule has 0 fully saturated rings. The van der Waals surface area contributed by atoms with Crippen LogP contribution in [0.3, 0.4) is 0 Å². The van der Waals surface area contributed by atoms with E-state index >= 15 is 0 Å². The van der Waals surface area contributed by atoms with Crippen molar-refractivity contribution in [3.05, 3.63) is 66.1 Å². The Bertz CT molecular complexity index is 701. The molecule has 2 N–H and O–H groups in total. The minimum atomic E-state index is 0.302. The molecule has 3 rings (SSSR count). The predicted octanol–water partition coefficient (Wildman–Crippen LogP) is 2.86. The van der Waals surface area contributed by atoms with Crippen LogP contribution in [0, 0.1) is 0 Å². The summed E-state index contributed by atoms with van der Waals surface area (Å²) in [5.41, 5.74) is 9.68. The Labute approximate surface area is 119 Å². The smallest absolute Gasteiger partial charge is 0.0480 e. The number of aromatic nitrogens is 2. The molecule has 0 aliphatic rings. The maximum absolute atomic E-state index is 6.02. The number of hydrogen-bond acceptors (Lipinski definition) is 2. The second kappa shape index (κ2) is 5.47. The number of nitrogens with zero attached hydrogens (tertiary/aromatic N) is 2. The third kappa shape index (κ3) is 2.32. The van der Waals surface area contributed by atoms with Crippen molar-refractivity contribution < 1.29 is 0 Å². The standard InChI is InChI=1S/C17H19N3/c1-20-12-16(15-7-2-3-8-17(15)20)13(11-18)10-14-6-4-5-9-19-14/h2-9,12-13H,10-11,18H2,1H3. The van der Waals surface area contributed by atoms with Gasteiger partial charge in [-0.2, -0.15) is 0 Å². The molecule has 0 aliphatic heterocycles. The van der Waals surface area contributed by atoms with E-state index < -0.39 is 0 Å². The molecule has 0 amide bonds. The second-order valence-electron chi connectivity index (χ2n) is 5.17. The van der Waals surface area contributed by atoms with Gasteiger partial charge in [-0.1, -0.05) is 24.3 Å². The Balaban J connectivity index is 1.99. The van der Waals surface area contributed by atoms with Gasteiger partial charge in [-0.15, -0.1) is 0 Å². The zero-order valence-corrected chi connectivity index (χ0v) is 11.7.